The minimum absolute atomic E-state index is 0.0384. The quantitative estimate of drug-likeness (QED) is 0.492. The summed E-state index contributed by atoms with van der Waals surface area (Å²) in [5.41, 5.74) is 7.68. The van der Waals surface area contributed by atoms with Crippen LogP contribution in [0.3, 0.4) is 0 Å². The summed E-state index contributed by atoms with van der Waals surface area (Å²) >= 11 is 1.57. The monoisotopic (exact) mass is 234 g/mol. The van der Waals surface area contributed by atoms with Gasteiger partial charge in [-0.05, 0) is 35.6 Å². The van der Waals surface area contributed by atoms with E-state index in [-0.39, 0.29) is 11.4 Å². The van der Waals surface area contributed by atoms with E-state index in [9.17, 15) is 10.1 Å². The molecule has 0 saturated heterocycles. The van der Waals surface area contributed by atoms with Gasteiger partial charge in [0.05, 0.1) is 4.92 Å². The molecule has 16 heavy (non-hydrogen) atoms. The zero-order valence-electron chi connectivity index (χ0n) is 8.64. The van der Waals surface area contributed by atoms with E-state index in [0.29, 0.717) is 0 Å². The summed E-state index contributed by atoms with van der Waals surface area (Å²) in [7, 11) is 0. The van der Waals surface area contributed by atoms with Crippen LogP contribution in [0.15, 0.2) is 29.6 Å². The molecule has 0 radical (unpaired) electrons. The van der Waals surface area contributed by atoms with Crippen LogP contribution in [0, 0.1) is 17.0 Å². The van der Waals surface area contributed by atoms with Gasteiger partial charge < -0.3 is 5.73 Å². The van der Waals surface area contributed by atoms with E-state index in [2.05, 4.69) is 0 Å². The summed E-state index contributed by atoms with van der Waals surface area (Å²) in [6, 6.07) is 6.89. The normalized spacial score (nSPS) is 10.3. The largest absolute Gasteiger partial charge is 0.393 e. The molecule has 2 aromatic rings. The molecule has 0 aliphatic heterocycles. The molecule has 0 saturated carbocycles. The van der Waals surface area contributed by atoms with E-state index >= 15 is 0 Å². The summed E-state index contributed by atoms with van der Waals surface area (Å²) in [5, 5.41) is 12.8. The molecule has 1 aromatic carbocycles. The zero-order chi connectivity index (χ0) is 11.7. The Kier molecular flexibility index (Phi) is 2.62. The number of nitrogens with zero attached hydrogens (tertiary/aromatic N) is 1. The van der Waals surface area contributed by atoms with Crippen LogP contribution in [0.2, 0.25) is 0 Å². The fraction of sp³-hybridized carbons (Fsp3) is 0.0909. The molecule has 0 spiro atoms. The first-order valence-corrected chi connectivity index (χ1v) is 5.55. The van der Waals surface area contributed by atoms with Crippen molar-refractivity contribution in [3.63, 3.8) is 0 Å². The number of benzene rings is 1. The van der Waals surface area contributed by atoms with Gasteiger partial charge in [-0.3, -0.25) is 10.1 Å². The van der Waals surface area contributed by atoms with Crippen molar-refractivity contribution in [3.05, 3.63) is 45.3 Å². The van der Waals surface area contributed by atoms with Gasteiger partial charge in [0.2, 0.25) is 0 Å². The summed E-state index contributed by atoms with van der Waals surface area (Å²) in [6.45, 7) is 1.99. The molecule has 0 aliphatic carbocycles. The maximum atomic E-state index is 10.7. The van der Waals surface area contributed by atoms with Gasteiger partial charge in [0.25, 0.3) is 5.69 Å². The Morgan fingerprint density at radius 3 is 2.69 bits per heavy atom. The van der Waals surface area contributed by atoms with Gasteiger partial charge in [-0.25, -0.2) is 0 Å². The van der Waals surface area contributed by atoms with Crippen molar-refractivity contribution in [1.29, 1.82) is 0 Å². The maximum absolute atomic E-state index is 10.7. The highest BCUT2D eigenvalue weighted by molar-refractivity contribution is 7.13. The highest BCUT2D eigenvalue weighted by atomic mass is 32.1. The number of nitrogen functional groups attached to an aromatic ring is 1. The topological polar surface area (TPSA) is 69.2 Å². The number of aryl methyl sites for hydroxylation is 1. The van der Waals surface area contributed by atoms with Crippen molar-refractivity contribution >= 4 is 22.7 Å². The molecule has 2 rings (SSSR count). The highest BCUT2D eigenvalue weighted by Crippen LogP contribution is 2.32. The van der Waals surface area contributed by atoms with Crippen LogP contribution < -0.4 is 5.73 Å². The molecule has 82 valence electrons. The van der Waals surface area contributed by atoms with Gasteiger partial charge >= 0.3 is 0 Å². The lowest BCUT2D eigenvalue weighted by Crippen LogP contribution is -1.95. The number of thiophene rings is 1. The molecule has 2 N–H and O–H groups in total. The second-order valence-corrected chi connectivity index (χ2v) is 4.43. The predicted molar refractivity (Wildman–Crippen MR) is 65.6 cm³/mol. The average Bonchev–Trinajstić information content (AvgIpc) is 2.65. The zero-order valence-corrected chi connectivity index (χ0v) is 9.45. The molecule has 0 bridgehead atoms. The van der Waals surface area contributed by atoms with E-state index in [1.165, 1.54) is 6.07 Å². The SMILES string of the molecule is Cc1csc(-c2ccc(N)c([N+](=O)[O-])c2)c1. The molecule has 1 heterocycles. The molecule has 1 aromatic heterocycles. The predicted octanol–water partition coefficient (Wildman–Crippen LogP) is 3.21. The standard InChI is InChI=1S/C11H10N2O2S/c1-7-4-11(16-6-7)8-2-3-9(12)10(5-8)13(14)15/h2-6H,12H2,1H3. The lowest BCUT2D eigenvalue weighted by molar-refractivity contribution is -0.383. The van der Waals surface area contributed by atoms with Gasteiger partial charge in [-0.2, -0.15) is 0 Å². The Morgan fingerprint density at radius 1 is 1.38 bits per heavy atom. The molecular formula is C11H10N2O2S. The van der Waals surface area contributed by atoms with Crippen LogP contribution in [0.5, 0.6) is 0 Å². The first-order chi connectivity index (χ1) is 7.58. The van der Waals surface area contributed by atoms with E-state index in [4.69, 9.17) is 5.73 Å². The van der Waals surface area contributed by atoms with Gasteiger partial charge in [-0.1, -0.05) is 6.07 Å². The number of rotatable bonds is 2. The molecule has 0 unspecified atom stereocenters. The van der Waals surface area contributed by atoms with Crippen LogP contribution in [-0.2, 0) is 0 Å². The van der Waals surface area contributed by atoms with Crippen molar-refractivity contribution in [1.82, 2.24) is 0 Å². The maximum Gasteiger partial charge on any atom is 0.292 e. The summed E-state index contributed by atoms with van der Waals surface area (Å²) < 4.78 is 0. The minimum Gasteiger partial charge on any atom is -0.393 e. The second kappa shape index (κ2) is 3.94. The van der Waals surface area contributed by atoms with Crippen molar-refractivity contribution in [3.8, 4) is 10.4 Å². The highest BCUT2D eigenvalue weighted by Gasteiger charge is 2.13. The third-order valence-corrected chi connectivity index (χ3v) is 3.34. The lowest BCUT2D eigenvalue weighted by atomic mass is 10.1. The Balaban J connectivity index is 2.51. The number of anilines is 1. The molecule has 0 fully saturated rings. The van der Waals surface area contributed by atoms with Gasteiger partial charge in [0.1, 0.15) is 5.69 Å². The second-order valence-electron chi connectivity index (χ2n) is 3.52. The molecule has 0 amide bonds. The van der Waals surface area contributed by atoms with Crippen molar-refractivity contribution < 1.29 is 4.92 Å². The smallest absolute Gasteiger partial charge is 0.292 e. The van der Waals surface area contributed by atoms with Gasteiger partial charge in [-0.15, -0.1) is 11.3 Å². The van der Waals surface area contributed by atoms with Crippen LogP contribution in [0.25, 0.3) is 10.4 Å². The fourth-order valence-corrected chi connectivity index (χ4v) is 2.34. The summed E-state index contributed by atoms with van der Waals surface area (Å²) in [6.07, 6.45) is 0. The average molecular weight is 234 g/mol. The Morgan fingerprint density at radius 2 is 2.12 bits per heavy atom. The van der Waals surface area contributed by atoms with E-state index < -0.39 is 4.92 Å². The van der Waals surface area contributed by atoms with Gasteiger partial charge in [0.15, 0.2) is 0 Å². The van der Waals surface area contributed by atoms with Crippen LogP contribution in [0.4, 0.5) is 11.4 Å². The third-order valence-electron chi connectivity index (χ3n) is 2.24. The van der Waals surface area contributed by atoms with Crippen molar-refractivity contribution in [2.45, 2.75) is 6.92 Å². The van der Waals surface area contributed by atoms with Crippen LogP contribution in [0.1, 0.15) is 5.56 Å². The van der Waals surface area contributed by atoms with Crippen LogP contribution >= 0.6 is 11.3 Å². The first kappa shape index (κ1) is 10.6. The summed E-state index contributed by atoms with van der Waals surface area (Å²) in [4.78, 5) is 11.3. The Bertz CT molecular complexity index is 549. The molecule has 5 heteroatoms. The number of nitro benzene ring substituents is 1. The third kappa shape index (κ3) is 1.90. The fourth-order valence-electron chi connectivity index (χ4n) is 1.44. The molecule has 0 atom stereocenters. The van der Waals surface area contributed by atoms with E-state index in [1.807, 2.05) is 18.4 Å². The lowest BCUT2D eigenvalue weighted by Gasteiger charge is -2.00. The number of nitro groups is 1. The van der Waals surface area contributed by atoms with Crippen molar-refractivity contribution in [2.24, 2.45) is 0 Å². The number of hydrogen-bond acceptors (Lipinski definition) is 4. The number of hydrogen-bond donors (Lipinski definition) is 1. The Labute approximate surface area is 96.5 Å². The van der Waals surface area contributed by atoms with Crippen molar-refractivity contribution in [2.75, 3.05) is 5.73 Å². The number of nitrogens with two attached hydrogens (primary N) is 1. The first-order valence-electron chi connectivity index (χ1n) is 4.67. The Hall–Kier alpha value is -1.88. The minimum atomic E-state index is -0.459. The van der Waals surface area contributed by atoms with Gasteiger partial charge in [0, 0.05) is 10.9 Å². The van der Waals surface area contributed by atoms with E-state index in [1.54, 1.807) is 23.5 Å². The van der Waals surface area contributed by atoms with E-state index in [0.717, 1.165) is 16.0 Å². The molecule has 4 nitrogen and oxygen atoms in total. The molecule has 0 aliphatic rings. The summed E-state index contributed by atoms with van der Waals surface area (Å²) in [5.74, 6) is 0. The molecular weight excluding hydrogens is 224 g/mol. The van der Waals surface area contributed by atoms with Crippen LogP contribution in [-0.4, -0.2) is 4.92 Å².